The lowest BCUT2D eigenvalue weighted by Crippen LogP contribution is -2.46. The summed E-state index contributed by atoms with van der Waals surface area (Å²) in [7, 11) is 1.63. The number of nitrogens with one attached hydrogen (secondary N) is 1. The number of amides is 1. The first-order chi connectivity index (χ1) is 35.5. The van der Waals surface area contributed by atoms with Crippen molar-refractivity contribution >= 4 is 13.7 Å². The van der Waals surface area contributed by atoms with Crippen molar-refractivity contribution in [3.05, 3.63) is 24.3 Å². The van der Waals surface area contributed by atoms with E-state index in [2.05, 4.69) is 43.5 Å². The quantitative estimate of drug-likeness (QED) is 0.0243. The highest BCUT2D eigenvalue weighted by molar-refractivity contribution is 7.47. The van der Waals surface area contributed by atoms with Crippen molar-refractivity contribution < 1.29 is 32.9 Å². The summed E-state index contributed by atoms with van der Waals surface area (Å²) in [5.74, 6) is -0.137. The van der Waals surface area contributed by atoms with Crippen molar-refractivity contribution in [1.82, 2.24) is 5.32 Å². The van der Waals surface area contributed by atoms with Gasteiger partial charge in [0.05, 0.1) is 39.9 Å². The molecule has 0 saturated heterocycles. The van der Waals surface area contributed by atoms with Crippen LogP contribution in [0.3, 0.4) is 0 Å². The number of rotatable bonds is 60. The lowest BCUT2D eigenvalue weighted by atomic mass is 10.0. The van der Waals surface area contributed by atoms with Gasteiger partial charge in [-0.2, -0.15) is 0 Å². The van der Waals surface area contributed by atoms with Crippen LogP contribution in [0.1, 0.15) is 328 Å². The number of aliphatic hydroxyl groups excluding tert-OH is 1. The van der Waals surface area contributed by atoms with Crippen molar-refractivity contribution in [1.29, 1.82) is 0 Å². The van der Waals surface area contributed by atoms with Gasteiger partial charge < -0.3 is 19.8 Å². The molecule has 0 spiro atoms. The summed E-state index contributed by atoms with van der Waals surface area (Å²) in [5, 5.41) is 14.1. The summed E-state index contributed by atoms with van der Waals surface area (Å²) in [5.41, 5.74) is 0. The lowest BCUT2D eigenvalue weighted by Gasteiger charge is -2.26. The first kappa shape index (κ1) is 72.0. The second kappa shape index (κ2) is 55.7. The minimum atomic E-state index is -4.32. The lowest BCUT2D eigenvalue weighted by molar-refractivity contribution is -0.870. The standard InChI is InChI=1S/C64H127N2O6P/c1-6-8-10-12-14-16-18-20-22-24-26-27-28-29-30-31-32-33-34-35-36-37-38-39-40-42-44-46-48-50-52-54-56-58-64(68)65-62(61-72-73(69,70)71-60-59-66(3,4)5)63(67)57-55-53-51-49-47-45-43-41-25-23-21-19-17-15-13-11-9-7-2/h18,20,24,26,62-63,67H,6-17,19,21-23,25,27-61H2,1-5H3,(H-,65,68,69,70)/p+1/b20-18-,26-24-. The number of aliphatic hydroxyl groups is 1. The van der Waals surface area contributed by atoms with Crippen LogP contribution >= 0.6 is 7.82 Å². The number of hydrogen-bond donors (Lipinski definition) is 3. The molecule has 0 aliphatic carbocycles. The molecular formula is C64H128N2O6P+. The Morgan fingerprint density at radius 2 is 0.781 bits per heavy atom. The van der Waals surface area contributed by atoms with Crippen molar-refractivity contribution in [3.63, 3.8) is 0 Å². The zero-order chi connectivity index (χ0) is 53.5. The van der Waals surface area contributed by atoms with Crippen LogP contribution in [-0.2, 0) is 18.4 Å². The highest BCUT2D eigenvalue weighted by Gasteiger charge is 2.28. The smallest absolute Gasteiger partial charge is 0.391 e. The molecule has 434 valence electrons. The molecule has 8 nitrogen and oxygen atoms in total. The molecule has 0 bridgehead atoms. The van der Waals surface area contributed by atoms with Gasteiger partial charge in [0.1, 0.15) is 13.2 Å². The molecule has 0 radical (unpaired) electrons. The number of carbonyl (C=O) groups excluding carboxylic acids is 1. The summed E-state index contributed by atoms with van der Waals surface area (Å²) in [6.45, 7) is 4.93. The average Bonchev–Trinajstić information content (AvgIpc) is 3.35. The summed E-state index contributed by atoms with van der Waals surface area (Å²) in [6, 6.07) is -0.758. The fourth-order valence-corrected chi connectivity index (χ4v) is 10.6. The van der Waals surface area contributed by atoms with Gasteiger partial charge in [0.15, 0.2) is 0 Å². The Kier molecular flexibility index (Phi) is 54.9. The van der Waals surface area contributed by atoms with E-state index in [0.717, 1.165) is 44.9 Å². The van der Waals surface area contributed by atoms with Gasteiger partial charge >= 0.3 is 7.82 Å². The SMILES string of the molecule is CCCCCCC/C=C\C/C=C\CCCCCCCCCCCCCCCCCCCCCCCC(=O)NC(COP(=O)(O)OCC[N+](C)(C)C)C(O)CCCCCCCCCCCCCCCCCCCC. The van der Waals surface area contributed by atoms with Crippen molar-refractivity contribution in [3.8, 4) is 0 Å². The largest absolute Gasteiger partial charge is 0.472 e. The molecule has 0 heterocycles. The molecule has 0 aliphatic rings. The third-order valence-corrected chi connectivity index (χ3v) is 15.9. The number of quaternary nitrogens is 1. The zero-order valence-electron chi connectivity index (χ0n) is 49.7. The topological polar surface area (TPSA) is 105 Å². The predicted molar refractivity (Wildman–Crippen MR) is 318 cm³/mol. The molecule has 1 amide bonds. The van der Waals surface area contributed by atoms with E-state index in [-0.39, 0.29) is 19.1 Å². The van der Waals surface area contributed by atoms with Gasteiger partial charge in [0.25, 0.3) is 0 Å². The average molecular weight is 1050 g/mol. The fraction of sp³-hybridized carbons (Fsp3) is 0.922. The van der Waals surface area contributed by atoms with Crippen LogP contribution in [0.5, 0.6) is 0 Å². The third kappa shape index (κ3) is 58.5. The van der Waals surface area contributed by atoms with Gasteiger partial charge in [-0.3, -0.25) is 13.8 Å². The van der Waals surface area contributed by atoms with E-state index in [0.29, 0.717) is 23.9 Å². The first-order valence-corrected chi connectivity index (χ1v) is 33.7. The number of hydrogen-bond acceptors (Lipinski definition) is 5. The van der Waals surface area contributed by atoms with E-state index in [9.17, 15) is 19.4 Å². The van der Waals surface area contributed by atoms with Crippen LogP contribution in [0.4, 0.5) is 0 Å². The number of carbonyl (C=O) groups is 1. The molecule has 0 aromatic rings. The maximum atomic E-state index is 13.0. The summed E-state index contributed by atoms with van der Waals surface area (Å²) < 4.78 is 23.8. The van der Waals surface area contributed by atoms with Crippen molar-refractivity contribution in [2.45, 2.75) is 341 Å². The molecule has 0 rings (SSSR count). The highest BCUT2D eigenvalue weighted by atomic mass is 31.2. The Bertz CT molecular complexity index is 1240. The molecule has 3 N–H and O–H groups in total. The Labute approximate surface area is 455 Å². The van der Waals surface area contributed by atoms with E-state index >= 15 is 0 Å². The number of unbranched alkanes of at least 4 members (excludes halogenated alkanes) is 43. The van der Waals surface area contributed by atoms with Crippen LogP contribution in [-0.4, -0.2) is 73.4 Å². The van der Waals surface area contributed by atoms with Crippen LogP contribution in [0, 0.1) is 0 Å². The van der Waals surface area contributed by atoms with E-state index < -0.39 is 20.0 Å². The van der Waals surface area contributed by atoms with Crippen LogP contribution < -0.4 is 5.32 Å². The summed E-state index contributed by atoms with van der Waals surface area (Å²) in [4.78, 5) is 23.4. The normalized spacial score (nSPS) is 13.9. The van der Waals surface area contributed by atoms with Gasteiger partial charge in [-0.05, 0) is 44.9 Å². The van der Waals surface area contributed by atoms with E-state index in [1.54, 1.807) is 0 Å². The van der Waals surface area contributed by atoms with Gasteiger partial charge in [-0.1, -0.05) is 301 Å². The molecule has 3 atom stereocenters. The minimum Gasteiger partial charge on any atom is -0.391 e. The molecule has 0 aromatic carbocycles. The maximum Gasteiger partial charge on any atom is 0.472 e. The molecular weight excluding hydrogens is 924 g/mol. The van der Waals surface area contributed by atoms with Gasteiger partial charge in [-0.25, -0.2) is 4.57 Å². The van der Waals surface area contributed by atoms with Crippen LogP contribution in [0.25, 0.3) is 0 Å². The minimum absolute atomic E-state index is 0.0775. The Balaban J connectivity index is 3.98. The number of phosphoric ester groups is 1. The number of phosphoric acid groups is 1. The molecule has 3 unspecified atom stereocenters. The molecule has 9 heteroatoms. The van der Waals surface area contributed by atoms with E-state index in [1.165, 1.54) is 257 Å². The Morgan fingerprint density at radius 3 is 1.12 bits per heavy atom. The molecule has 0 fully saturated rings. The molecule has 0 aromatic heterocycles. The van der Waals surface area contributed by atoms with Gasteiger partial charge in [0.2, 0.25) is 5.91 Å². The number of likely N-dealkylation sites (N-methyl/N-ethyl adjacent to an activating group) is 1. The summed E-state index contributed by atoms with van der Waals surface area (Å²) in [6.07, 6.45) is 71.2. The maximum absolute atomic E-state index is 13.0. The Morgan fingerprint density at radius 1 is 0.466 bits per heavy atom. The summed E-state index contributed by atoms with van der Waals surface area (Å²) >= 11 is 0. The number of nitrogens with zero attached hydrogens (tertiary/aromatic N) is 1. The van der Waals surface area contributed by atoms with Crippen LogP contribution in [0.15, 0.2) is 24.3 Å². The van der Waals surface area contributed by atoms with Gasteiger partial charge in [0, 0.05) is 6.42 Å². The van der Waals surface area contributed by atoms with Crippen molar-refractivity contribution in [2.24, 2.45) is 0 Å². The van der Waals surface area contributed by atoms with Crippen LogP contribution in [0.2, 0.25) is 0 Å². The molecule has 0 saturated carbocycles. The zero-order valence-corrected chi connectivity index (χ0v) is 50.5. The third-order valence-electron chi connectivity index (χ3n) is 15.0. The predicted octanol–water partition coefficient (Wildman–Crippen LogP) is 19.9. The fourth-order valence-electron chi connectivity index (χ4n) is 9.90. The second-order valence-corrected chi connectivity index (χ2v) is 25.0. The highest BCUT2D eigenvalue weighted by Crippen LogP contribution is 2.43. The second-order valence-electron chi connectivity index (χ2n) is 23.5. The Hall–Kier alpha value is -1.02. The number of allylic oxidation sites excluding steroid dienone is 4. The molecule has 73 heavy (non-hydrogen) atoms. The van der Waals surface area contributed by atoms with E-state index in [4.69, 9.17) is 9.05 Å². The van der Waals surface area contributed by atoms with Crippen molar-refractivity contribution in [2.75, 3.05) is 40.9 Å². The first-order valence-electron chi connectivity index (χ1n) is 32.2. The van der Waals surface area contributed by atoms with Gasteiger partial charge in [-0.15, -0.1) is 0 Å². The molecule has 0 aliphatic heterocycles. The van der Waals surface area contributed by atoms with E-state index in [1.807, 2.05) is 21.1 Å². The monoisotopic (exact) mass is 1050 g/mol.